The molecule has 2 aromatic carbocycles. The summed E-state index contributed by atoms with van der Waals surface area (Å²) >= 11 is 0. The fraction of sp³-hybridized carbons (Fsp3) is 0.400. The molecule has 1 aromatic heterocycles. The zero-order valence-corrected chi connectivity index (χ0v) is 19.1. The summed E-state index contributed by atoms with van der Waals surface area (Å²) in [6.07, 6.45) is 3.39. The second-order valence-electron chi connectivity index (χ2n) is 7.71. The van der Waals surface area contributed by atoms with E-state index in [1.165, 1.54) is 14.2 Å². The number of hydrogen-bond acceptors (Lipinski definition) is 7. The number of rotatable bonds is 10. The van der Waals surface area contributed by atoms with Gasteiger partial charge in [0.2, 0.25) is 0 Å². The number of aromatic nitrogens is 1. The van der Waals surface area contributed by atoms with Crippen molar-refractivity contribution in [1.82, 2.24) is 4.57 Å². The molecule has 0 aliphatic carbocycles. The summed E-state index contributed by atoms with van der Waals surface area (Å²) in [6.45, 7) is 1.43. The molecule has 33 heavy (non-hydrogen) atoms. The molecule has 0 N–H and O–H groups in total. The lowest BCUT2D eigenvalue weighted by atomic mass is 10.1. The summed E-state index contributed by atoms with van der Waals surface area (Å²) in [4.78, 5) is 13.4. The largest absolute Gasteiger partial charge is 0.493 e. The van der Waals surface area contributed by atoms with Gasteiger partial charge in [0.25, 0.3) is 5.56 Å². The Bertz CT molecular complexity index is 1130. The van der Waals surface area contributed by atoms with E-state index in [1.54, 1.807) is 36.1 Å². The molecule has 0 bridgehead atoms. The van der Waals surface area contributed by atoms with Crippen LogP contribution in [0.2, 0.25) is 0 Å². The van der Waals surface area contributed by atoms with Gasteiger partial charge in [-0.3, -0.25) is 9.36 Å². The summed E-state index contributed by atoms with van der Waals surface area (Å²) in [5.41, 5.74) is 0.386. The predicted octanol–water partition coefficient (Wildman–Crippen LogP) is 3.55. The van der Waals surface area contributed by atoms with Crippen molar-refractivity contribution in [2.45, 2.75) is 25.2 Å². The average molecular weight is 456 g/mol. The van der Waals surface area contributed by atoms with Crippen LogP contribution in [0.15, 0.2) is 53.5 Å². The van der Waals surface area contributed by atoms with E-state index in [0.717, 1.165) is 24.8 Å². The van der Waals surface area contributed by atoms with E-state index in [9.17, 15) is 4.79 Å². The fourth-order valence-corrected chi connectivity index (χ4v) is 3.85. The molecule has 1 saturated heterocycles. The molecule has 0 unspecified atom stereocenters. The maximum Gasteiger partial charge on any atom is 0.263 e. The van der Waals surface area contributed by atoms with Crippen LogP contribution in [-0.4, -0.2) is 58.1 Å². The van der Waals surface area contributed by atoms with Gasteiger partial charge in [0.05, 0.1) is 18.9 Å². The first-order valence-corrected chi connectivity index (χ1v) is 10.9. The molecule has 1 fully saturated rings. The van der Waals surface area contributed by atoms with Crippen LogP contribution in [-0.2, 0) is 14.2 Å². The van der Waals surface area contributed by atoms with Crippen molar-refractivity contribution in [2.75, 3.05) is 41.2 Å². The Morgan fingerprint density at radius 2 is 1.94 bits per heavy atom. The lowest BCUT2D eigenvalue weighted by Gasteiger charge is -2.19. The molecule has 1 atom stereocenters. The number of nitrogens with zero attached hydrogens (tertiary/aromatic N) is 1. The van der Waals surface area contributed by atoms with Crippen LogP contribution in [0.4, 0.5) is 0 Å². The van der Waals surface area contributed by atoms with E-state index in [1.807, 2.05) is 24.3 Å². The van der Waals surface area contributed by atoms with Crippen LogP contribution in [0, 0.1) is 0 Å². The molecule has 3 aromatic rings. The van der Waals surface area contributed by atoms with Crippen molar-refractivity contribution in [1.29, 1.82) is 0 Å². The lowest BCUT2D eigenvalue weighted by molar-refractivity contribution is -0.122. The van der Waals surface area contributed by atoms with Crippen LogP contribution in [0.1, 0.15) is 12.8 Å². The smallest absolute Gasteiger partial charge is 0.263 e. The topological polar surface area (TPSA) is 77.4 Å². The normalized spacial score (nSPS) is 15.8. The Morgan fingerprint density at radius 1 is 1.09 bits per heavy atom. The number of pyridine rings is 1. The molecule has 2 heterocycles. The number of methoxy groups -OCH3 is 3. The highest BCUT2D eigenvalue weighted by Crippen LogP contribution is 2.34. The number of fused-ring (bicyclic) bond motifs is 1. The first kappa shape index (κ1) is 23.1. The zero-order valence-electron chi connectivity index (χ0n) is 19.1. The van der Waals surface area contributed by atoms with Crippen molar-refractivity contribution >= 4 is 10.8 Å². The van der Waals surface area contributed by atoms with E-state index in [2.05, 4.69) is 0 Å². The highest BCUT2D eigenvalue weighted by Gasteiger charge is 2.18. The molecule has 8 heteroatoms. The maximum absolute atomic E-state index is 13.4. The lowest BCUT2D eigenvalue weighted by Crippen LogP contribution is -2.24. The quantitative estimate of drug-likeness (QED) is 0.433. The third-order valence-corrected chi connectivity index (χ3v) is 5.66. The monoisotopic (exact) mass is 455 g/mol. The van der Waals surface area contributed by atoms with Crippen LogP contribution >= 0.6 is 0 Å². The molecule has 0 radical (unpaired) electrons. The van der Waals surface area contributed by atoms with Gasteiger partial charge in [-0.05, 0) is 54.6 Å². The van der Waals surface area contributed by atoms with Gasteiger partial charge in [-0.25, -0.2) is 0 Å². The van der Waals surface area contributed by atoms with Gasteiger partial charge >= 0.3 is 0 Å². The Hall–Kier alpha value is -3.07. The van der Waals surface area contributed by atoms with Crippen molar-refractivity contribution < 1.29 is 28.4 Å². The second kappa shape index (κ2) is 10.7. The van der Waals surface area contributed by atoms with Crippen LogP contribution in [0.3, 0.4) is 0 Å². The van der Waals surface area contributed by atoms with Crippen molar-refractivity contribution in [3.63, 3.8) is 0 Å². The summed E-state index contributed by atoms with van der Waals surface area (Å²) in [6, 6.07) is 12.7. The molecular formula is C25H29NO7. The maximum atomic E-state index is 13.4. The van der Waals surface area contributed by atoms with Crippen molar-refractivity contribution in [2.24, 2.45) is 0 Å². The average Bonchev–Trinajstić information content (AvgIpc) is 3.37. The Morgan fingerprint density at radius 3 is 2.67 bits per heavy atom. The molecule has 1 aliphatic rings. The standard InChI is InChI=1S/C25H29NO7/c1-28-22-8-4-7-21(24(22)33-16-23(29-2)30-3)26-12-11-17-14-18(9-10-20(17)25(26)27)32-15-19-6-5-13-31-19/h4,7-12,14,19,23H,5-6,13,15-16H2,1-3H3/t19-/m0/s1. The van der Waals surface area contributed by atoms with Crippen molar-refractivity contribution in [3.05, 3.63) is 59.0 Å². The SMILES string of the molecule is COc1cccc(-n2ccc3cc(OC[C@@H]4CCCO4)ccc3c2=O)c1OCC(OC)OC. The zero-order chi connectivity index (χ0) is 23.2. The van der Waals surface area contributed by atoms with Gasteiger partial charge in [0.15, 0.2) is 17.8 Å². The van der Waals surface area contributed by atoms with Gasteiger partial charge in [-0.1, -0.05) is 6.07 Å². The first-order valence-electron chi connectivity index (χ1n) is 10.9. The highest BCUT2D eigenvalue weighted by atomic mass is 16.7. The third-order valence-electron chi connectivity index (χ3n) is 5.66. The van der Waals surface area contributed by atoms with Gasteiger partial charge in [0, 0.05) is 32.4 Å². The van der Waals surface area contributed by atoms with Gasteiger partial charge < -0.3 is 28.4 Å². The van der Waals surface area contributed by atoms with Crippen LogP contribution < -0.4 is 19.8 Å². The van der Waals surface area contributed by atoms with Gasteiger partial charge in [-0.15, -0.1) is 0 Å². The molecule has 176 valence electrons. The first-order chi connectivity index (χ1) is 16.1. The minimum atomic E-state index is -0.552. The number of para-hydroxylation sites is 1. The summed E-state index contributed by atoms with van der Waals surface area (Å²) < 4.78 is 34.9. The number of hydrogen-bond donors (Lipinski definition) is 0. The van der Waals surface area contributed by atoms with E-state index >= 15 is 0 Å². The van der Waals surface area contributed by atoms with Gasteiger partial charge in [-0.2, -0.15) is 0 Å². The van der Waals surface area contributed by atoms with Crippen LogP contribution in [0.5, 0.6) is 17.2 Å². The Balaban J connectivity index is 1.64. The molecule has 8 nitrogen and oxygen atoms in total. The second-order valence-corrected chi connectivity index (χ2v) is 7.71. The summed E-state index contributed by atoms with van der Waals surface area (Å²) in [5.74, 6) is 1.64. The van der Waals surface area contributed by atoms with Crippen LogP contribution in [0.25, 0.3) is 16.5 Å². The third kappa shape index (κ3) is 5.13. The molecule has 0 saturated carbocycles. The Labute approximate surface area is 192 Å². The number of ether oxygens (including phenoxy) is 6. The minimum Gasteiger partial charge on any atom is -0.493 e. The van der Waals surface area contributed by atoms with E-state index in [4.69, 9.17) is 28.4 Å². The minimum absolute atomic E-state index is 0.133. The molecule has 1 aliphatic heterocycles. The van der Waals surface area contributed by atoms with Crippen molar-refractivity contribution in [3.8, 4) is 22.9 Å². The molecule has 4 rings (SSSR count). The van der Waals surface area contributed by atoms with E-state index < -0.39 is 6.29 Å². The number of benzene rings is 2. The summed E-state index contributed by atoms with van der Waals surface area (Å²) in [5, 5.41) is 1.37. The molecule has 0 spiro atoms. The van der Waals surface area contributed by atoms with E-state index in [0.29, 0.717) is 34.9 Å². The Kier molecular flexibility index (Phi) is 7.49. The molecular weight excluding hydrogens is 426 g/mol. The molecule has 0 amide bonds. The van der Waals surface area contributed by atoms with E-state index in [-0.39, 0.29) is 18.3 Å². The predicted molar refractivity (Wildman–Crippen MR) is 124 cm³/mol. The summed E-state index contributed by atoms with van der Waals surface area (Å²) in [7, 11) is 4.62. The highest BCUT2D eigenvalue weighted by molar-refractivity contribution is 5.83. The van der Waals surface area contributed by atoms with Gasteiger partial charge in [0.1, 0.15) is 19.0 Å². The fourth-order valence-electron chi connectivity index (χ4n) is 3.85.